The molecule has 44 heavy (non-hydrogen) atoms. The number of benzene rings is 1. The Morgan fingerprint density at radius 2 is 1.45 bits per heavy atom. The van der Waals surface area contributed by atoms with Gasteiger partial charge in [-0.15, -0.1) is 0 Å². The van der Waals surface area contributed by atoms with E-state index in [-0.39, 0.29) is 54.2 Å². The van der Waals surface area contributed by atoms with Crippen molar-refractivity contribution in [3.63, 3.8) is 0 Å². The van der Waals surface area contributed by atoms with Gasteiger partial charge < -0.3 is 29.4 Å². The van der Waals surface area contributed by atoms with Crippen molar-refractivity contribution in [3.05, 3.63) is 35.9 Å². The predicted molar refractivity (Wildman–Crippen MR) is 176 cm³/mol. The van der Waals surface area contributed by atoms with E-state index in [1.54, 1.807) is 0 Å². The number of carbonyl (C=O) groups is 1. The van der Waals surface area contributed by atoms with Gasteiger partial charge in [-0.3, -0.25) is 4.79 Å². The summed E-state index contributed by atoms with van der Waals surface area (Å²) < 4.78 is 25.5. The zero-order valence-electron chi connectivity index (χ0n) is 28.9. The van der Waals surface area contributed by atoms with Crippen LogP contribution in [-0.2, 0) is 29.2 Å². The Balaban J connectivity index is 1.56. The molecule has 2 aliphatic rings. The molecule has 2 heterocycles. The van der Waals surface area contributed by atoms with Crippen molar-refractivity contribution < 1.29 is 28.8 Å². The van der Waals surface area contributed by atoms with Gasteiger partial charge in [-0.25, -0.2) is 0 Å². The summed E-state index contributed by atoms with van der Waals surface area (Å²) in [5.41, 5.74) is 1.12. The second-order valence-electron chi connectivity index (χ2n) is 13.8. The van der Waals surface area contributed by atoms with Gasteiger partial charge in [-0.2, -0.15) is 0 Å². The Bertz CT molecular complexity index is 947. The van der Waals surface area contributed by atoms with Crippen LogP contribution >= 0.6 is 0 Å². The van der Waals surface area contributed by atoms with Gasteiger partial charge in [-0.05, 0) is 42.6 Å². The van der Waals surface area contributed by atoms with Crippen molar-refractivity contribution in [1.82, 2.24) is 5.32 Å². The number of aliphatic hydroxyl groups excluding tert-OH is 1. The van der Waals surface area contributed by atoms with Crippen LogP contribution in [0.1, 0.15) is 112 Å². The summed E-state index contributed by atoms with van der Waals surface area (Å²) in [5, 5.41) is 13.4. The van der Waals surface area contributed by atoms with Crippen LogP contribution in [0.4, 0.5) is 0 Å². The molecule has 4 unspecified atom stereocenters. The number of carbonyl (C=O) groups excluding carboxylic acids is 1. The van der Waals surface area contributed by atoms with Crippen LogP contribution in [0.5, 0.6) is 0 Å². The van der Waals surface area contributed by atoms with Crippen LogP contribution in [0.25, 0.3) is 0 Å². The summed E-state index contributed by atoms with van der Waals surface area (Å²) in [6.45, 7) is 18.2. The van der Waals surface area contributed by atoms with E-state index in [0.717, 1.165) is 44.9 Å². The van der Waals surface area contributed by atoms with Crippen molar-refractivity contribution in [2.75, 3.05) is 19.8 Å². The molecule has 0 aromatic heterocycles. The molecule has 0 aliphatic carbocycles. The third kappa shape index (κ3) is 9.28. The molecule has 0 saturated carbocycles. The van der Waals surface area contributed by atoms with Crippen molar-refractivity contribution in [2.45, 2.75) is 143 Å². The zero-order valence-corrected chi connectivity index (χ0v) is 28.9. The van der Waals surface area contributed by atoms with Crippen LogP contribution in [0, 0.1) is 29.6 Å². The lowest BCUT2D eigenvalue weighted by Gasteiger charge is -2.48. The largest absolute Gasteiger partial charge is 0.394 e. The van der Waals surface area contributed by atoms with Crippen molar-refractivity contribution in [1.29, 1.82) is 0 Å². The first-order valence-electron chi connectivity index (χ1n) is 17.6. The minimum atomic E-state index is -0.505. The normalized spacial score (nSPS) is 32.8. The highest BCUT2D eigenvalue weighted by Gasteiger charge is 2.46. The fourth-order valence-corrected chi connectivity index (χ4v) is 7.32. The first-order valence-corrected chi connectivity index (χ1v) is 17.6. The number of ether oxygens (including phenoxy) is 4. The lowest BCUT2D eigenvalue weighted by molar-refractivity contribution is -0.326. The molecular weight excluding hydrogens is 554 g/mol. The van der Waals surface area contributed by atoms with E-state index in [1.165, 1.54) is 5.56 Å². The van der Waals surface area contributed by atoms with E-state index < -0.39 is 12.4 Å². The van der Waals surface area contributed by atoms with Gasteiger partial charge in [0.15, 0.2) is 12.6 Å². The third-order valence-electron chi connectivity index (χ3n) is 10.9. The average Bonchev–Trinajstić information content (AvgIpc) is 3.04. The van der Waals surface area contributed by atoms with Gasteiger partial charge in [0.2, 0.25) is 5.91 Å². The van der Waals surface area contributed by atoms with Gasteiger partial charge in [0.05, 0.1) is 25.4 Å². The van der Waals surface area contributed by atoms with E-state index in [4.69, 9.17) is 18.9 Å². The van der Waals surface area contributed by atoms with Gasteiger partial charge in [-0.1, -0.05) is 111 Å². The number of unbranched alkanes of at least 4 members (excludes halogenated alkanes) is 2. The molecule has 1 amide bonds. The third-order valence-corrected chi connectivity index (χ3v) is 10.9. The molecule has 0 bridgehead atoms. The van der Waals surface area contributed by atoms with Crippen LogP contribution in [0.15, 0.2) is 30.3 Å². The molecule has 7 nitrogen and oxygen atoms in total. The molecule has 0 radical (unpaired) electrons. The topological polar surface area (TPSA) is 86.3 Å². The number of amides is 1. The van der Waals surface area contributed by atoms with Crippen LogP contribution in [0.3, 0.4) is 0 Å². The molecule has 7 heteroatoms. The van der Waals surface area contributed by atoms with Crippen molar-refractivity contribution >= 4 is 5.91 Å². The summed E-state index contributed by atoms with van der Waals surface area (Å²) in [4.78, 5) is 13.3. The van der Waals surface area contributed by atoms with E-state index >= 15 is 0 Å². The summed E-state index contributed by atoms with van der Waals surface area (Å²) >= 11 is 0. The highest BCUT2D eigenvalue weighted by molar-refractivity contribution is 5.77. The zero-order chi connectivity index (χ0) is 32.3. The van der Waals surface area contributed by atoms with Gasteiger partial charge in [0.1, 0.15) is 6.10 Å². The van der Waals surface area contributed by atoms with E-state index in [0.29, 0.717) is 31.4 Å². The lowest BCUT2D eigenvalue weighted by atomic mass is 9.70. The second-order valence-corrected chi connectivity index (χ2v) is 13.8. The molecule has 0 spiro atoms. The molecule has 1 aromatic carbocycles. The Hall–Kier alpha value is -1.51. The fourth-order valence-electron chi connectivity index (χ4n) is 7.32. The van der Waals surface area contributed by atoms with E-state index in [9.17, 15) is 9.90 Å². The van der Waals surface area contributed by atoms with Gasteiger partial charge in [0, 0.05) is 30.2 Å². The van der Waals surface area contributed by atoms with Crippen molar-refractivity contribution in [2.24, 2.45) is 29.6 Å². The molecule has 3 rings (SSSR count). The summed E-state index contributed by atoms with van der Waals surface area (Å²) in [5.74, 6) is 1.40. The highest BCUT2D eigenvalue weighted by atomic mass is 16.7. The number of hydrogen-bond donors (Lipinski definition) is 2. The SMILES string of the molecule is CCCCC(CCCC)(CC(=O)NCCO[C@H]1OC(CO)[C@@H](O[C@H]2OC(CC)[C@@H](C)C(C)[C@@H]2C)C(C)[C@@H]1C)c1ccccc1. The Morgan fingerprint density at radius 3 is 2.05 bits per heavy atom. The smallest absolute Gasteiger partial charge is 0.220 e. The molecule has 252 valence electrons. The average molecular weight is 618 g/mol. The minimum absolute atomic E-state index is 0.0459. The van der Waals surface area contributed by atoms with E-state index in [1.807, 2.05) is 6.07 Å². The number of hydrogen-bond acceptors (Lipinski definition) is 6. The maximum absolute atomic E-state index is 13.3. The van der Waals surface area contributed by atoms with Crippen LogP contribution < -0.4 is 5.32 Å². The van der Waals surface area contributed by atoms with Crippen LogP contribution in [0.2, 0.25) is 0 Å². The summed E-state index contributed by atoms with van der Waals surface area (Å²) in [6, 6.07) is 10.6. The molecule has 2 N–H and O–H groups in total. The maximum Gasteiger partial charge on any atom is 0.220 e. The number of aliphatic hydroxyl groups is 1. The summed E-state index contributed by atoms with van der Waals surface area (Å²) in [6.07, 6.45) is 6.43. The molecular formula is C37H63NO6. The molecule has 2 aliphatic heterocycles. The highest BCUT2D eigenvalue weighted by Crippen LogP contribution is 2.41. The first kappa shape index (κ1) is 37.0. The Morgan fingerprint density at radius 1 is 0.841 bits per heavy atom. The van der Waals surface area contributed by atoms with Crippen LogP contribution in [-0.4, -0.2) is 61.7 Å². The van der Waals surface area contributed by atoms with Gasteiger partial charge in [0.25, 0.3) is 0 Å². The second kappa shape index (κ2) is 18.0. The Kier molecular flexibility index (Phi) is 15.1. The monoisotopic (exact) mass is 617 g/mol. The molecule has 2 fully saturated rings. The first-order chi connectivity index (χ1) is 21.1. The lowest BCUT2D eigenvalue weighted by Crippen LogP contribution is -2.56. The number of rotatable bonds is 17. The van der Waals surface area contributed by atoms with E-state index in [2.05, 4.69) is 85.0 Å². The van der Waals surface area contributed by atoms with Crippen molar-refractivity contribution in [3.8, 4) is 0 Å². The predicted octanol–water partition coefficient (Wildman–Crippen LogP) is 7.25. The molecule has 10 atom stereocenters. The maximum atomic E-state index is 13.3. The molecule has 2 saturated heterocycles. The molecule has 1 aromatic rings. The number of nitrogens with one attached hydrogen (secondary N) is 1. The van der Waals surface area contributed by atoms with Gasteiger partial charge >= 0.3 is 0 Å². The standard InChI is InChI=1S/C37H63NO6/c1-9-12-19-37(20-13-10-2,30-17-15-14-16-18-30)23-33(40)38-21-22-41-35-29(8)27(6)34(32(24-39)43-35)44-36-28(7)25(4)26(5)31(11-3)42-36/h14-18,25-29,31-32,34-36,39H,9-13,19-24H2,1-8H3,(H,38,40)/t25?,26-,27?,28-,29-,31?,32?,34-,35-,36+/m0/s1. The fraction of sp³-hybridized carbons (Fsp3) is 0.811. The quantitative estimate of drug-likeness (QED) is 0.179. The minimum Gasteiger partial charge on any atom is -0.394 e. The Labute approximate surface area is 268 Å². The summed E-state index contributed by atoms with van der Waals surface area (Å²) in [7, 11) is 0.